The first-order valence-electron chi connectivity index (χ1n) is 1.16. The van der Waals surface area contributed by atoms with Crippen molar-refractivity contribution in [2.24, 2.45) is 0 Å². The largest absolute Gasteiger partial charge is 0.326 e. The van der Waals surface area contributed by atoms with Crippen LogP contribution in [-0.4, -0.2) is 9.79 Å². The van der Waals surface area contributed by atoms with E-state index in [0.717, 1.165) is 0 Å². The Morgan fingerprint density at radius 2 is 1.25 bits per heavy atom. The minimum absolute atomic E-state index is 0.183. The molecule has 52 valence electrons. The molecule has 0 aromatic carbocycles. The van der Waals surface area contributed by atoms with E-state index >= 15 is 0 Å². The maximum Gasteiger partial charge on any atom is 0.314 e. The molecule has 0 amide bonds. The summed E-state index contributed by atoms with van der Waals surface area (Å²) in [5.74, 6) is 0. The molecule has 3 nitrogen and oxygen atoms in total. The molecule has 2 N–H and O–H groups in total. The number of hydrogen-bond acceptors (Lipinski definition) is 1. The monoisotopic (exact) mass is 350 g/mol. The first-order chi connectivity index (χ1) is 3.46. The van der Waals surface area contributed by atoms with Gasteiger partial charge in [-0.3, -0.25) is 4.57 Å². The maximum atomic E-state index is 8.74. The quantitative estimate of drug-likeness (QED) is 0.659. The van der Waals surface area contributed by atoms with E-state index in [1.807, 2.05) is 0 Å². The molecule has 0 atom stereocenters. The summed E-state index contributed by atoms with van der Waals surface area (Å²) in [6, 6.07) is 0. The Labute approximate surface area is 72.8 Å². The Morgan fingerprint density at radius 1 is 1.25 bits per heavy atom. The molecular formula is H3Br3O3P2. The first kappa shape index (κ1) is 12.7. The Morgan fingerprint density at radius 3 is 1.25 bits per heavy atom. The predicted octanol–water partition coefficient (Wildman–Crippen LogP) is 2.76. The van der Waals surface area contributed by atoms with Crippen molar-refractivity contribution in [1.29, 1.82) is 0 Å². The Bertz CT molecular complexity index is 56.8. The van der Waals surface area contributed by atoms with E-state index in [0.29, 0.717) is 0 Å². The second-order valence-electron chi connectivity index (χ2n) is 0.474. The van der Waals surface area contributed by atoms with Crippen molar-refractivity contribution in [2.45, 2.75) is 0 Å². The van der Waals surface area contributed by atoms with Crippen molar-refractivity contribution in [2.75, 3.05) is 0 Å². The van der Waals surface area contributed by atoms with Crippen LogP contribution in [0.2, 0.25) is 0 Å². The van der Waals surface area contributed by atoms with Crippen LogP contribution in [0.4, 0.5) is 0 Å². The maximum absolute atomic E-state index is 8.74. The third-order valence-corrected chi connectivity index (χ3v) is 0. The van der Waals surface area contributed by atoms with Crippen molar-refractivity contribution in [1.82, 2.24) is 0 Å². The van der Waals surface area contributed by atoms with E-state index in [9.17, 15) is 0 Å². The van der Waals surface area contributed by atoms with Gasteiger partial charge in [0.2, 0.25) is 0 Å². The summed E-state index contributed by atoms with van der Waals surface area (Å²) in [5.41, 5.74) is 0. The standard InChI is InChI=1S/Br3P.H3O3P/c2*1-4(2)3/h;4H,(H2,1,2,3). The molecule has 0 bridgehead atoms. The van der Waals surface area contributed by atoms with E-state index in [1.54, 1.807) is 0 Å². The fourth-order valence-electron chi connectivity index (χ4n) is 0. The molecular weight excluding hydrogens is 350 g/mol. The second kappa shape index (κ2) is 9.02. The molecule has 0 heterocycles. The van der Waals surface area contributed by atoms with Crippen LogP contribution in [0.3, 0.4) is 0 Å². The van der Waals surface area contributed by atoms with Gasteiger partial charge in [0, 0.05) is 0 Å². The van der Waals surface area contributed by atoms with Gasteiger partial charge in [0.25, 0.3) is 0 Å². The highest BCUT2D eigenvalue weighted by atomic mass is 80.0. The summed E-state index contributed by atoms with van der Waals surface area (Å²) >= 11 is 9.51. The van der Waals surface area contributed by atoms with E-state index < -0.39 is 8.25 Å². The highest BCUT2D eigenvalue weighted by molar-refractivity contribution is 9.93. The van der Waals surface area contributed by atoms with E-state index in [4.69, 9.17) is 14.4 Å². The van der Waals surface area contributed by atoms with Gasteiger partial charge in [-0.2, -0.15) is 0 Å². The number of hydrogen-bond donors (Lipinski definition) is 2. The van der Waals surface area contributed by atoms with Crippen molar-refractivity contribution >= 4 is 58.8 Å². The molecule has 0 radical (unpaired) electrons. The Kier molecular flexibility index (Phi) is 14.3. The summed E-state index contributed by atoms with van der Waals surface area (Å²) < 4.78 is 8.56. The summed E-state index contributed by atoms with van der Waals surface area (Å²) in [5, 5.41) is 0. The minimum Gasteiger partial charge on any atom is -0.326 e. The second-order valence-corrected chi connectivity index (χ2v) is 16.4. The Hall–Kier alpha value is 2.02. The van der Waals surface area contributed by atoms with E-state index in [1.165, 1.54) is 0 Å². The summed E-state index contributed by atoms with van der Waals surface area (Å²) in [6.07, 6.45) is 0. The van der Waals surface area contributed by atoms with Gasteiger partial charge in [-0.15, -0.1) is 0 Å². The van der Waals surface area contributed by atoms with Crippen LogP contribution in [0, 0.1) is 0 Å². The first-order valence-corrected chi connectivity index (χ1v) is 9.86. The fraction of sp³-hybridized carbons (Fsp3) is 0. The van der Waals surface area contributed by atoms with Crippen LogP contribution in [0.15, 0.2) is 0 Å². The minimum atomic E-state index is -3.13. The Balaban J connectivity index is 0. The smallest absolute Gasteiger partial charge is 0.314 e. The molecule has 0 aromatic heterocycles. The molecule has 8 heavy (non-hydrogen) atoms. The summed E-state index contributed by atoms with van der Waals surface area (Å²) in [6.45, 7) is 0. The molecule has 0 aliphatic carbocycles. The lowest BCUT2D eigenvalue weighted by Crippen LogP contribution is -1.38. The molecule has 0 fully saturated rings. The van der Waals surface area contributed by atoms with Crippen LogP contribution in [0.5, 0.6) is 0 Å². The van der Waals surface area contributed by atoms with Gasteiger partial charge in [-0.05, 0) is 46.5 Å². The topological polar surface area (TPSA) is 57.5 Å². The van der Waals surface area contributed by atoms with Gasteiger partial charge in [0.1, 0.15) is 4.03 Å². The van der Waals surface area contributed by atoms with Gasteiger partial charge >= 0.3 is 8.25 Å². The molecule has 0 spiro atoms. The molecule has 0 rings (SSSR count). The van der Waals surface area contributed by atoms with Gasteiger partial charge in [0.15, 0.2) is 0 Å². The van der Waals surface area contributed by atoms with Gasteiger partial charge < -0.3 is 9.79 Å². The molecule has 8 heteroatoms. The molecule has 0 aliphatic rings. The molecule has 0 aromatic rings. The van der Waals surface area contributed by atoms with Gasteiger partial charge in [-0.25, -0.2) is 0 Å². The SMILES string of the molecule is BrP(Br)Br.O=[PH](O)O. The lowest BCUT2D eigenvalue weighted by Gasteiger charge is -1.70. The molecule has 0 saturated carbocycles. The average molecular weight is 353 g/mol. The van der Waals surface area contributed by atoms with Crippen LogP contribution >= 0.6 is 58.8 Å². The van der Waals surface area contributed by atoms with Crippen LogP contribution in [0.1, 0.15) is 0 Å². The highest BCUT2D eigenvalue weighted by Gasteiger charge is 1.77. The molecule has 0 aliphatic heterocycles. The van der Waals surface area contributed by atoms with Gasteiger partial charge in [0.05, 0.1) is 0 Å². The lowest BCUT2D eigenvalue weighted by molar-refractivity contribution is 0.405. The number of halogens is 3. The van der Waals surface area contributed by atoms with Crippen molar-refractivity contribution in [3.8, 4) is 0 Å². The lowest BCUT2D eigenvalue weighted by atomic mass is 15.8. The summed E-state index contributed by atoms with van der Waals surface area (Å²) in [7, 11) is -3.13. The normalized spacial score (nSPS) is 8.88. The molecule has 0 saturated heterocycles. The average Bonchev–Trinajstić information content (AvgIpc) is 1.25. The third kappa shape index (κ3) is 96.9. The highest BCUT2D eigenvalue weighted by Crippen LogP contribution is 2.59. The van der Waals surface area contributed by atoms with Crippen molar-refractivity contribution in [3.05, 3.63) is 0 Å². The number of rotatable bonds is 0. The third-order valence-electron chi connectivity index (χ3n) is 0. The van der Waals surface area contributed by atoms with E-state index in [-0.39, 0.29) is 4.03 Å². The van der Waals surface area contributed by atoms with Gasteiger partial charge in [-0.1, -0.05) is 0 Å². The van der Waals surface area contributed by atoms with Crippen LogP contribution in [-0.2, 0) is 4.57 Å². The zero-order chi connectivity index (χ0) is 7.15. The molecule has 0 unspecified atom stereocenters. The zero-order valence-electron chi connectivity index (χ0n) is 3.38. The summed E-state index contributed by atoms with van der Waals surface area (Å²) in [4.78, 5) is 14.3. The van der Waals surface area contributed by atoms with E-state index in [2.05, 4.69) is 46.5 Å². The van der Waals surface area contributed by atoms with Crippen LogP contribution in [0.25, 0.3) is 0 Å². The zero-order valence-corrected chi connectivity index (χ0v) is 10.0. The van der Waals surface area contributed by atoms with Crippen LogP contribution < -0.4 is 0 Å². The fourth-order valence-corrected chi connectivity index (χ4v) is 0. The van der Waals surface area contributed by atoms with Crippen molar-refractivity contribution < 1.29 is 14.4 Å². The van der Waals surface area contributed by atoms with Crippen molar-refractivity contribution in [3.63, 3.8) is 0 Å². The predicted molar refractivity (Wildman–Crippen MR) is 47.1 cm³/mol.